The van der Waals surface area contributed by atoms with Crippen molar-refractivity contribution in [2.75, 3.05) is 26.9 Å². The van der Waals surface area contributed by atoms with E-state index in [1.807, 2.05) is 48.5 Å². The van der Waals surface area contributed by atoms with E-state index in [9.17, 15) is 9.59 Å². The number of methoxy groups -OCH3 is 1. The van der Waals surface area contributed by atoms with Crippen molar-refractivity contribution in [2.45, 2.75) is 6.54 Å². The molecule has 0 fully saturated rings. The molecule has 158 valence electrons. The van der Waals surface area contributed by atoms with Gasteiger partial charge in [0.05, 0.1) is 24.1 Å². The normalized spacial score (nSPS) is 11.0. The summed E-state index contributed by atoms with van der Waals surface area (Å²) >= 11 is 0. The van der Waals surface area contributed by atoms with E-state index < -0.39 is 0 Å². The van der Waals surface area contributed by atoms with E-state index in [4.69, 9.17) is 9.47 Å². The Kier molecular flexibility index (Phi) is 6.24. The molecule has 0 saturated heterocycles. The van der Waals surface area contributed by atoms with Gasteiger partial charge < -0.3 is 19.4 Å². The molecule has 0 aliphatic carbocycles. The number of aromatic amines is 1. The number of aromatic nitrogens is 2. The fourth-order valence-corrected chi connectivity index (χ4v) is 3.38. The minimum absolute atomic E-state index is 0.125. The minimum atomic E-state index is -0.229. The monoisotopic (exact) mass is 417 g/mol. The smallest absolute Gasteiger partial charge is 0.260 e. The van der Waals surface area contributed by atoms with Crippen LogP contribution in [0.25, 0.3) is 21.7 Å². The second kappa shape index (κ2) is 9.40. The van der Waals surface area contributed by atoms with Crippen molar-refractivity contribution < 1.29 is 14.3 Å². The molecule has 0 spiro atoms. The Hall–Kier alpha value is -3.71. The van der Waals surface area contributed by atoms with Gasteiger partial charge >= 0.3 is 0 Å². The van der Waals surface area contributed by atoms with Crippen LogP contribution in [0.5, 0.6) is 5.75 Å². The SMILES string of the molecule is COCCN(Cc1nc2ccccc2c(=O)[nH]1)C(=O)COc1ccc2ccccc2c1. The Morgan fingerprint density at radius 2 is 1.81 bits per heavy atom. The summed E-state index contributed by atoms with van der Waals surface area (Å²) in [4.78, 5) is 34.0. The number of carbonyl (C=O) groups is 1. The zero-order valence-electron chi connectivity index (χ0n) is 17.2. The third-order valence-electron chi connectivity index (χ3n) is 5.00. The summed E-state index contributed by atoms with van der Waals surface area (Å²) in [6, 6.07) is 20.8. The third-order valence-corrected chi connectivity index (χ3v) is 5.00. The summed E-state index contributed by atoms with van der Waals surface area (Å²) in [7, 11) is 1.57. The number of para-hydroxylation sites is 1. The lowest BCUT2D eigenvalue weighted by molar-refractivity contribution is -0.134. The van der Waals surface area contributed by atoms with Crippen LogP contribution in [-0.4, -0.2) is 47.6 Å². The quantitative estimate of drug-likeness (QED) is 0.476. The number of hydrogen-bond donors (Lipinski definition) is 1. The Labute approximate surface area is 179 Å². The average molecular weight is 417 g/mol. The second-order valence-electron chi connectivity index (χ2n) is 7.14. The molecule has 1 aromatic heterocycles. The molecule has 4 rings (SSSR count). The maximum absolute atomic E-state index is 12.9. The highest BCUT2D eigenvalue weighted by Gasteiger charge is 2.17. The predicted molar refractivity (Wildman–Crippen MR) is 119 cm³/mol. The molecule has 0 radical (unpaired) electrons. The Morgan fingerprint density at radius 1 is 1.03 bits per heavy atom. The number of nitrogens with one attached hydrogen (secondary N) is 1. The molecule has 31 heavy (non-hydrogen) atoms. The number of H-pyrrole nitrogens is 1. The summed E-state index contributed by atoms with van der Waals surface area (Å²) in [5.41, 5.74) is 0.361. The van der Waals surface area contributed by atoms with Gasteiger partial charge in [-0.15, -0.1) is 0 Å². The van der Waals surface area contributed by atoms with Crippen LogP contribution in [0.3, 0.4) is 0 Å². The molecule has 1 amide bonds. The van der Waals surface area contributed by atoms with Gasteiger partial charge in [0.15, 0.2) is 6.61 Å². The van der Waals surface area contributed by atoms with Gasteiger partial charge in [-0.3, -0.25) is 9.59 Å². The maximum atomic E-state index is 12.9. The zero-order chi connectivity index (χ0) is 21.6. The van der Waals surface area contributed by atoms with Crippen molar-refractivity contribution in [3.8, 4) is 5.75 Å². The molecule has 4 aromatic rings. The summed E-state index contributed by atoms with van der Waals surface area (Å²) < 4.78 is 10.9. The topological polar surface area (TPSA) is 84.5 Å². The fourth-order valence-electron chi connectivity index (χ4n) is 3.38. The standard InChI is InChI=1S/C24H23N3O4/c1-30-13-12-27(15-22-25-21-9-5-4-8-20(21)24(29)26-22)23(28)16-31-19-11-10-17-6-2-3-7-18(17)14-19/h2-11,14H,12-13,15-16H2,1H3,(H,25,26,29). The van der Waals surface area contributed by atoms with Gasteiger partial charge in [0.25, 0.3) is 11.5 Å². The Morgan fingerprint density at radius 3 is 2.65 bits per heavy atom. The number of hydrogen-bond acceptors (Lipinski definition) is 5. The van der Waals surface area contributed by atoms with Crippen LogP contribution >= 0.6 is 0 Å². The van der Waals surface area contributed by atoms with Gasteiger partial charge in [-0.2, -0.15) is 0 Å². The van der Waals surface area contributed by atoms with E-state index in [1.165, 1.54) is 0 Å². The first-order chi connectivity index (χ1) is 15.1. The van der Waals surface area contributed by atoms with Crippen molar-refractivity contribution in [1.82, 2.24) is 14.9 Å². The minimum Gasteiger partial charge on any atom is -0.484 e. The van der Waals surface area contributed by atoms with Gasteiger partial charge in [0.2, 0.25) is 0 Å². The molecule has 0 aliphatic rings. The molecular formula is C24H23N3O4. The molecule has 0 atom stereocenters. The van der Waals surface area contributed by atoms with Crippen LogP contribution in [0.1, 0.15) is 5.82 Å². The number of benzene rings is 3. The summed E-state index contributed by atoms with van der Waals surface area (Å²) in [6.07, 6.45) is 0. The summed E-state index contributed by atoms with van der Waals surface area (Å²) in [5, 5.41) is 2.66. The molecule has 0 unspecified atom stereocenters. The second-order valence-corrected chi connectivity index (χ2v) is 7.14. The lowest BCUT2D eigenvalue weighted by atomic mass is 10.1. The average Bonchev–Trinajstić information content (AvgIpc) is 2.80. The zero-order valence-corrected chi connectivity index (χ0v) is 17.2. The first-order valence-corrected chi connectivity index (χ1v) is 10.0. The van der Waals surface area contributed by atoms with Crippen molar-refractivity contribution >= 4 is 27.6 Å². The van der Waals surface area contributed by atoms with Gasteiger partial charge in [0, 0.05) is 13.7 Å². The van der Waals surface area contributed by atoms with Gasteiger partial charge in [0.1, 0.15) is 11.6 Å². The molecule has 7 nitrogen and oxygen atoms in total. The van der Waals surface area contributed by atoms with Crippen LogP contribution in [0, 0.1) is 0 Å². The molecule has 1 N–H and O–H groups in total. The van der Waals surface area contributed by atoms with Crippen molar-refractivity contribution in [1.29, 1.82) is 0 Å². The molecule has 1 heterocycles. The molecule has 7 heteroatoms. The van der Waals surface area contributed by atoms with Gasteiger partial charge in [-0.05, 0) is 35.0 Å². The van der Waals surface area contributed by atoms with Crippen LogP contribution in [0.15, 0.2) is 71.5 Å². The number of rotatable bonds is 8. The lowest BCUT2D eigenvalue weighted by Crippen LogP contribution is -2.37. The van der Waals surface area contributed by atoms with E-state index in [-0.39, 0.29) is 24.6 Å². The molecule has 3 aromatic carbocycles. The number of carbonyl (C=O) groups excluding carboxylic acids is 1. The molecule has 0 saturated carbocycles. The highest BCUT2D eigenvalue weighted by molar-refractivity contribution is 5.84. The third kappa shape index (κ3) is 4.90. The predicted octanol–water partition coefficient (Wildman–Crippen LogP) is 3.13. The van der Waals surface area contributed by atoms with Crippen LogP contribution in [0.2, 0.25) is 0 Å². The summed E-state index contributed by atoms with van der Waals surface area (Å²) in [6.45, 7) is 0.746. The van der Waals surface area contributed by atoms with Crippen LogP contribution < -0.4 is 10.3 Å². The van der Waals surface area contributed by atoms with E-state index >= 15 is 0 Å². The van der Waals surface area contributed by atoms with Crippen molar-refractivity contribution in [3.63, 3.8) is 0 Å². The Balaban J connectivity index is 1.48. The van der Waals surface area contributed by atoms with Gasteiger partial charge in [-0.1, -0.05) is 42.5 Å². The number of amides is 1. The van der Waals surface area contributed by atoms with Crippen LogP contribution in [0.4, 0.5) is 0 Å². The van der Waals surface area contributed by atoms with E-state index in [0.717, 1.165) is 10.8 Å². The largest absolute Gasteiger partial charge is 0.484 e. The Bertz CT molecular complexity index is 1270. The van der Waals surface area contributed by atoms with Crippen molar-refractivity contribution in [3.05, 3.63) is 82.9 Å². The lowest BCUT2D eigenvalue weighted by Gasteiger charge is -2.22. The van der Waals surface area contributed by atoms with E-state index in [0.29, 0.717) is 35.6 Å². The fraction of sp³-hybridized carbons (Fsp3) is 0.208. The highest BCUT2D eigenvalue weighted by atomic mass is 16.5. The highest BCUT2D eigenvalue weighted by Crippen LogP contribution is 2.20. The maximum Gasteiger partial charge on any atom is 0.260 e. The molecule has 0 aliphatic heterocycles. The molecule has 0 bridgehead atoms. The first-order valence-electron chi connectivity index (χ1n) is 10.0. The molecular weight excluding hydrogens is 394 g/mol. The first kappa shape index (κ1) is 20.6. The summed E-state index contributed by atoms with van der Waals surface area (Å²) in [5.74, 6) is 0.816. The van der Waals surface area contributed by atoms with E-state index in [1.54, 1.807) is 30.2 Å². The number of fused-ring (bicyclic) bond motifs is 2. The number of nitrogens with zero attached hydrogens (tertiary/aromatic N) is 2. The van der Waals surface area contributed by atoms with E-state index in [2.05, 4.69) is 9.97 Å². The van der Waals surface area contributed by atoms with Crippen molar-refractivity contribution in [2.24, 2.45) is 0 Å². The number of ether oxygens (including phenoxy) is 2. The van der Waals surface area contributed by atoms with Crippen LogP contribution in [-0.2, 0) is 16.1 Å². The van der Waals surface area contributed by atoms with Gasteiger partial charge in [-0.25, -0.2) is 4.98 Å².